The standard InChI is InChI=1S/C11H8F3N5S/c1-6-5-16-10(17-6)20-9-7-4-8(11(12,13)14)18-19(7)3-2-15-9/h2-5H,1H3,(H,16,17). The van der Waals surface area contributed by atoms with Crippen LogP contribution in [0.2, 0.25) is 0 Å². The Kier molecular flexibility index (Phi) is 2.93. The molecule has 104 valence electrons. The van der Waals surface area contributed by atoms with E-state index in [0.29, 0.717) is 15.7 Å². The van der Waals surface area contributed by atoms with Gasteiger partial charge in [-0.05, 0) is 24.8 Å². The SMILES string of the molecule is Cc1cnc(Sc2nccn3nc(C(F)(F)F)cc23)[nH]1. The van der Waals surface area contributed by atoms with Gasteiger partial charge in [0.15, 0.2) is 10.9 Å². The third kappa shape index (κ3) is 2.36. The van der Waals surface area contributed by atoms with E-state index >= 15 is 0 Å². The number of aromatic nitrogens is 5. The smallest absolute Gasteiger partial charge is 0.337 e. The normalized spacial score (nSPS) is 12.2. The lowest BCUT2D eigenvalue weighted by atomic mass is 10.4. The highest BCUT2D eigenvalue weighted by molar-refractivity contribution is 7.99. The summed E-state index contributed by atoms with van der Waals surface area (Å²) in [7, 11) is 0. The van der Waals surface area contributed by atoms with Gasteiger partial charge in [0.05, 0.1) is 5.52 Å². The summed E-state index contributed by atoms with van der Waals surface area (Å²) in [4.78, 5) is 11.2. The highest BCUT2D eigenvalue weighted by Crippen LogP contribution is 2.32. The Morgan fingerprint density at radius 1 is 1.30 bits per heavy atom. The molecule has 0 unspecified atom stereocenters. The molecule has 0 spiro atoms. The molecule has 0 saturated carbocycles. The van der Waals surface area contributed by atoms with Gasteiger partial charge in [-0.15, -0.1) is 0 Å². The maximum absolute atomic E-state index is 12.7. The van der Waals surface area contributed by atoms with Gasteiger partial charge in [-0.25, -0.2) is 14.5 Å². The number of H-pyrrole nitrogens is 1. The third-order valence-electron chi connectivity index (χ3n) is 2.52. The number of nitrogens with zero attached hydrogens (tertiary/aromatic N) is 4. The van der Waals surface area contributed by atoms with Crippen molar-refractivity contribution in [3.63, 3.8) is 0 Å². The minimum atomic E-state index is -4.48. The average Bonchev–Trinajstić information content (AvgIpc) is 2.95. The van der Waals surface area contributed by atoms with Crippen molar-refractivity contribution in [1.82, 2.24) is 24.6 Å². The van der Waals surface area contributed by atoms with Crippen LogP contribution in [0, 0.1) is 6.92 Å². The first kappa shape index (κ1) is 13.0. The van der Waals surface area contributed by atoms with Crippen LogP contribution in [-0.2, 0) is 6.18 Å². The second-order valence-corrected chi connectivity index (χ2v) is 5.04. The number of rotatable bonds is 2. The quantitative estimate of drug-likeness (QED) is 0.790. The first-order chi connectivity index (χ1) is 9.43. The van der Waals surface area contributed by atoms with Crippen molar-refractivity contribution in [2.75, 3.05) is 0 Å². The predicted molar refractivity (Wildman–Crippen MR) is 65.4 cm³/mol. The summed E-state index contributed by atoms with van der Waals surface area (Å²) in [5.74, 6) is 0. The maximum Gasteiger partial charge on any atom is 0.435 e. The van der Waals surface area contributed by atoms with Crippen molar-refractivity contribution in [2.45, 2.75) is 23.3 Å². The Bertz CT molecular complexity index is 761. The number of halogens is 3. The van der Waals surface area contributed by atoms with Gasteiger partial charge in [0.1, 0.15) is 5.03 Å². The van der Waals surface area contributed by atoms with Gasteiger partial charge in [0.25, 0.3) is 0 Å². The molecule has 0 aliphatic carbocycles. The third-order valence-corrected chi connectivity index (χ3v) is 3.43. The molecule has 3 heterocycles. The van der Waals surface area contributed by atoms with E-state index in [9.17, 15) is 13.2 Å². The van der Waals surface area contributed by atoms with Gasteiger partial charge in [-0.2, -0.15) is 18.3 Å². The van der Waals surface area contributed by atoms with Crippen LogP contribution in [0.25, 0.3) is 5.52 Å². The van der Waals surface area contributed by atoms with E-state index < -0.39 is 11.9 Å². The molecular weight excluding hydrogens is 291 g/mol. The van der Waals surface area contributed by atoms with Crippen LogP contribution in [0.15, 0.2) is 34.8 Å². The molecule has 3 rings (SSSR count). The fraction of sp³-hybridized carbons (Fsp3) is 0.182. The first-order valence-corrected chi connectivity index (χ1v) is 6.36. The summed E-state index contributed by atoms with van der Waals surface area (Å²) in [5, 5.41) is 4.47. The Morgan fingerprint density at radius 2 is 2.10 bits per heavy atom. The van der Waals surface area contributed by atoms with Crippen LogP contribution in [0.3, 0.4) is 0 Å². The zero-order valence-corrected chi connectivity index (χ0v) is 11.0. The summed E-state index contributed by atoms with van der Waals surface area (Å²) in [6.45, 7) is 1.84. The lowest BCUT2D eigenvalue weighted by Crippen LogP contribution is -2.05. The van der Waals surface area contributed by atoms with E-state index in [4.69, 9.17) is 0 Å². The minimum absolute atomic E-state index is 0.291. The van der Waals surface area contributed by atoms with Gasteiger partial charge in [0.2, 0.25) is 0 Å². The maximum atomic E-state index is 12.7. The highest BCUT2D eigenvalue weighted by Gasteiger charge is 2.34. The lowest BCUT2D eigenvalue weighted by Gasteiger charge is -1.99. The number of hydrogen-bond acceptors (Lipinski definition) is 4. The number of imidazole rings is 1. The molecule has 0 fully saturated rings. The number of hydrogen-bond donors (Lipinski definition) is 1. The van der Waals surface area contributed by atoms with Crippen LogP contribution in [-0.4, -0.2) is 24.6 Å². The molecule has 0 radical (unpaired) electrons. The van der Waals surface area contributed by atoms with Gasteiger partial charge >= 0.3 is 6.18 Å². The van der Waals surface area contributed by atoms with Crippen LogP contribution < -0.4 is 0 Å². The van der Waals surface area contributed by atoms with Crippen LogP contribution in [0.1, 0.15) is 11.4 Å². The molecule has 3 aromatic heterocycles. The summed E-state index contributed by atoms with van der Waals surface area (Å²) < 4.78 is 39.2. The molecular formula is C11H8F3N5S. The molecule has 9 heteroatoms. The Hall–Kier alpha value is -2.03. The zero-order valence-electron chi connectivity index (χ0n) is 10.1. The van der Waals surface area contributed by atoms with E-state index in [-0.39, 0.29) is 0 Å². The van der Waals surface area contributed by atoms with E-state index in [1.807, 2.05) is 6.92 Å². The van der Waals surface area contributed by atoms with Gasteiger partial charge in [0, 0.05) is 24.3 Å². The van der Waals surface area contributed by atoms with Crippen LogP contribution in [0.5, 0.6) is 0 Å². The molecule has 0 aliphatic heterocycles. The van der Waals surface area contributed by atoms with Gasteiger partial charge < -0.3 is 4.98 Å². The minimum Gasteiger partial charge on any atom is -0.337 e. The summed E-state index contributed by atoms with van der Waals surface area (Å²) in [6.07, 6.45) is -0.0600. The molecule has 0 aliphatic rings. The molecule has 20 heavy (non-hydrogen) atoms. The van der Waals surface area contributed by atoms with Crippen molar-refractivity contribution in [3.8, 4) is 0 Å². The lowest BCUT2D eigenvalue weighted by molar-refractivity contribution is -0.141. The van der Waals surface area contributed by atoms with Crippen molar-refractivity contribution >= 4 is 17.3 Å². The number of aryl methyl sites for hydroxylation is 1. The second kappa shape index (κ2) is 4.51. The summed E-state index contributed by atoms with van der Waals surface area (Å²) in [6, 6.07) is 0.977. The van der Waals surface area contributed by atoms with E-state index in [2.05, 4.69) is 20.1 Å². The van der Waals surface area contributed by atoms with Crippen molar-refractivity contribution in [2.24, 2.45) is 0 Å². The highest BCUT2D eigenvalue weighted by atomic mass is 32.2. The van der Waals surface area contributed by atoms with Crippen molar-refractivity contribution < 1.29 is 13.2 Å². The molecule has 3 aromatic rings. The molecule has 0 aromatic carbocycles. The summed E-state index contributed by atoms with van der Waals surface area (Å²) in [5.41, 5.74) is 0.214. The number of fused-ring (bicyclic) bond motifs is 1. The van der Waals surface area contributed by atoms with E-state index in [0.717, 1.165) is 28.0 Å². The van der Waals surface area contributed by atoms with Crippen molar-refractivity contribution in [3.05, 3.63) is 36.0 Å². The molecule has 0 bridgehead atoms. The fourth-order valence-corrected chi connectivity index (χ4v) is 2.52. The van der Waals surface area contributed by atoms with Crippen LogP contribution in [0.4, 0.5) is 13.2 Å². The second-order valence-electron chi connectivity index (χ2n) is 4.06. The monoisotopic (exact) mass is 299 g/mol. The fourth-order valence-electron chi connectivity index (χ4n) is 1.65. The molecule has 0 atom stereocenters. The van der Waals surface area contributed by atoms with Crippen molar-refractivity contribution in [1.29, 1.82) is 0 Å². The number of nitrogens with one attached hydrogen (secondary N) is 1. The number of aromatic amines is 1. The van der Waals surface area contributed by atoms with Gasteiger partial charge in [-0.3, -0.25) is 0 Å². The topological polar surface area (TPSA) is 58.9 Å². The predicted octanol–water partition coefficient (Wildman–Crippen LogP) is 2.93. The van der Waals surface area contributed by atoms with Crippen LogP contribution >= 0.6 is 11.8 Å². The first-order valence-electron chi connectivity index (χ1n) is 5.54. The average molecular weight is 299 g/mol. The van der Waals surface area contributed by atoms with E-state index in [1.54, 1.807) is 6.20 Å². The Morgan fingerprint density at radius 3 is 2.75 bits per heavy atom. The largest absolute Gasteiger partial charge is 0.435 e. The van der Waals surface area contributed by atoms with Gasteiger partial charge in [-0.1, -0.05) is 0 Å². The van der Waals surface area contributed by atoms with E-state index in [1.165, 1.54) is 12.4 Å². The summed E-state index contributed by atoms with van der Waals surface area (Å²) >= 11 is 1.16. The zero-order chi connectivity index (χ0) is 14.3. The molecule has 0 saturated heterocycles. The molecule has 1 N–H and O–H groups in total. The number of alkyl halides is 3. The Labute approximate surface area is 115 Å². The Balaban J connectivity index is 2.05. The molecule has 5 nitrogen and oxygen atoms in total. The molecule has 0 amide bonds.